The number of carbonyl (C=O) groups is 2. The molecular weight excluding hydrogens is 286 g/mol. The van der Waals surface area contributed by atoms with Gasteiger partial charge in [0, 0.05) is 10.3 Å². The third-order valence-electron chi connectivity index (χ3n) is 2.22. The lowest BCUT2D eigenvalue weighted by Crippen LogP contribution is -2.16. The molecule has 0 spiro atoms. The monoisotopic (exact) mass is 303 g/mol. The minimum atomic E-state index is -0.550. The topological polar surface area (TPSA) is 64.6 Å². The van der Waals surface area contributed by atoms with Gasteiger partial charge in [0.2, 0.25) is 0 Å². The average molecular weight is 303 g/mol. The molecule has 0 radical (unpaired) electrons. The molecule has 19 heavy (non-hydrogen) atoms. The highest BCUT2D eigenvalue weighted by Gasteiger charge is 2.19. The molecule has 1 amide bonds. The molecule has 0 aromatic carbocycles. The fourth-order valence-corrected chi connectivity index (χ4v) is 3.27. The Bertz CT molecular complexity index is 445. The first-order valence-electron chi connectivity index (χ1n) is 5.92. The Hall–Kier alpha value is -1.21. The first-order valence-corrected chi connectivity index (χ1v) is 7.61. The number of amides is 1. The van der Waals surface area contributed by atoms with E-state index in [0.29, 0.717) is 12.2 Å². The van der Waals surface area contributed by atoms with Crippen LogP contribution in [0.15, 0.2) is 10.3 Å². The van der Waals surface area contributed by atoms with Crippen molar-refractivity contribution >= 4 is 35.3 Å². The van der Waals surface area contributed by atoms with E-state index in [1.165, 1.54) is 18.4 Å². The number of methoxy groups -OCH3 is 1. The molecule has 0 aliphatic carbocycles. The molecule has 1 heterocycles. The molecule has 0 saturated heterocycles. The van der Waals surface area contributed by atoms with Crippen LogP contribution in [0, 0.1) is 0 Å². The molecule has 0 atom stereocenters. The van der Waals surface area contributed by atoms with Crippen LogP contribution < -0.4 is 4.72 Å². The fraction of sp³-hybridized carbons (Fsp3) is 0.500. The van der Waals surface area contributed by atoms with Crippen LogP contribution in [0.4, 0.5) is 4.79 Å². The lowest BCUT2D eigenvalue weighted by Gasteiger charge is -2.07. The smallest absolute Gasteiger partial charge is 0.417 e. The van der Waals surface area contributed by atoms with Gasteiger partial charge in [0.25, 0.3) is 0 Å². The van der Waals surface area contributed by atoms with E-state index in [-0.39, 0.29) is 5.97 Å². The molecule has 0 unspecified atom stereocenters. The molecular formula is C12H17NO4S2. The van der Waals surface area contributed by atoms with E-state index in [4.69, 9.17) is 4.74 Å². The largest absolute Gasteiger partial charge is 0.462 e. The van der Waals surface area contributed by atoms with Crippen molar-refractivity contribution in [1.29, 1.82) is 0 Å². The number of ether oxygens (including phenoxy) is 2. The van der Waals surface area contributed by atoms with Crippen LogP contribution in [0.2, 0.25) is 0 Å². The second-order valence-corrected chi connectivity index (χ2v) is 5.37. The summed E-state index contributed by atoms with van der Waals surface area (Å²) in [6, 6.07) is 0. The van der Waals surface area contributed by atoms with E-state index in [1.54, 1.807) is 5.38 Å². The highest BCUT2D eigenvalue weighted by molar-refractivity contribution is 7.98. The quantitative estimate of drug-likeness (QED) is 0.645. The van der Waals surface area contributed by atoms with E-state index in [9.17, 15) is 9.59 Å². The Kier molecular flexibility index (Phi) is 6.72. The molecule has 0 bridgehead atoms. The molecule has 5 nitrogen and oxygen atoms in total. The summed E-state index contributed by atoms with van der Waals surface area (Å²) >= 11 is 2.57. The molecule has 0 fully saturated rings. The highest BCUT2D eigenvalue weighted by Crippen LogP contribution is 2.31. The van der Waals surface area contributed by atoms with Crippen molar-refractivity contribution in [3.8, 4) is 0 Å². The number of hydrogen-bond donors (Lipinski definition) is 1. The lowest BCUT2D eigenvalue weighted by molar-refractivity contribution is 0.0501. The third kappa shape index (κ3) is 4.43. The fourth-order valence-electron chi connectivity index (χ4n) is 1.29. The number of aryl methyl sites for hydroxylation is 1. The van der Waals surface area contributed by atoms with E-state index < -0.39 is 6.09 Å². The van der Waals surface area contributed by atoms with E-state index in [0.717, 1.165) is 34.6 Å². The van der Waals surface area contributed by atoms with Gasteiger partial charge in [-0.2, -0.15) is 0 Å². The van der Waals surface area contributed by atoms with Crippen molar-refractivity contribution in [2.45, 2.75) is 31.6 Å². The van der Waals surface area contributed by atoms with Crippen LogP contribution in [-0.4, -0.2) is 25.8 Å². The van der Waals surface area contributed by atoms with Gasteiger partial charge in [0.15, 0.2) is 0 Å². The molecule has 1 aromatic rings. The summed E-state index contributed by atoms with van der Waals surface area (Å²) < 4.78 is 12.1. The zero-order valence-electron chi connectivity index (χ0n) is 11.1. The van der Waals surface area contributed by atoms with Crippen molar-refractivity contribution in [2.24, 2.45) is 0 Å². The third-order valence-corrected chi connectivity index (χ3v) is 4.42. The Morgan fingerprint density at radius 3 is 2.74 bits per heavy atom. The zero-order valence-corrected chi connectivity index (χ0v) is 12.8. The van der Waals surface area contributed by atoms with Gasteiger partial charge in [-0.3, -0.25) is 4.72 Å². The Morgan fingerprint density at radius 1 is 1.42 bits per heavy atom. The summed E-state index contributed by atoms with van der Waals surface area (Å²) in [5, 5.41) is 1.76. The Balaban J connectivity index is 2.83. The molecule has 1 N–H and O–H groups in total. The van der Waals surface area contributed by atoms with Crippen molar-refractivity contribution in [2.75, 3.05) is 13.7 Å². The van der Waals surface area contributed by atoms with Gasteiger partial charge in [0.1, 0.15) is 0 Å². The Labute approximate surface area is 120 Å². The van der Waals surface area contributed by atoms with Crippen LogP contribution in [0.25, 0.3) is 0 Å². The van der Waals surface area contributed by atoms with Crippen LogP contribution in [0.3, 0.4) is 0 Å². The highest BCUT2D eigenvalue weighted by atomic mass is 32.2. The molecule has 0 aliphatic heterocycles. The van der Waals surface area contributed by atoms with Crippen molar-refractivity contribution in [1.82, 2.24) is 4.72 Å². The predicted octanol–water partition coefficient (Wildman–Crippen LogP) is 3.24. The van der Waals surface area contributed by atoms with Crippen molar-refractivity contribution in [3.63, 3.8) is 0 Å². The second kappa shape index (κ2) is 8.06. The summed E-state index contributed by atoms with van der Waals surface area (Å²) in [5.41, 5.74) is 0.497. The predicted molar refractivity (Wildman–Crippen MR) is 75.7 cm³/mol. The van der Waals surface area contributed by atoms with Gasteiger partial charge >= 0.3 is 12.1 Å². The summed E-state index contributed by atoms with van der Waals surface area (Å²) in [4.78, 5) is 24.8. The molecule has 106 valence electrons. The number of thiophene rings is 1. The maximum atomic E-state index is 11.9. The summed E-state index contributed by atoms with van der Waals surface area (Å²) in [6.45, 7) is 4.33. The summed E-state index contributed by atoms with van der Waals surface area (Å²) in [5.74, 6) is -0.355. The molecule has 1 aromatic heterocycles. The second-order valence-electron chi connectivity index (χ2n) is 3.59. The molecule has 7 heteroatoms. The van der Waals surface area contributed by atoms with E-state index >= 15 is 0 Å². The first kappa shape index (κ1) is 15.8. The molecule has 0 aliphatic rings. The van der Waals surface area contributed by atoms with Gasteiger partial charge < -0.3 is 9.47 Å². The van der Waals surface area contributed by atoms with Crippen LogP contribution in [-0.2, 0) is 15.9 Å². The minimum absolute atomic E-state index is 0.355. The number of esters is 1. The molecule has 0 saturated carbocycles. The number of hydrogen-bond acceptors (Lipinski definition) is 6. The maximum absolute atomic E-state index is 11.9. The van der Waals surface area contributed by atoms with E-state index in [2.05, 4.69) is 9.46 Å². The first-order chi connectivity index (χ1) is 9.13. The van der Waals surface area contributed by atoms with Crippen LogP contribution in [0.5, 0.6) is 0 Å². The SMILES string of the molecule is CCCOC(=O)c1csc(CC)c1SNC(=O)OC. The number of carbonyl (C=O) groups excluding carboxylic acids is 2. The van der Waals surface area contributed by atoms with Gasteiger partial charge in [-0.15, -0.1) is 11.3 Å². The van der Waals surface area contributed by atoms with Gasteiger partial charge in [-0.05, 0) is 24.8 Å². The average Bonchev–Trinajstić information content (AvgIpc) is 2.84. The normalized spacial score (nSPS) is 10.1. The lowest BCUT2D eigenvalue weighted by atomic mass is 10.3. The standard InChI is InChI=1S/C12H17NO4S2/c1-4-6-17-11(14)8-7-18-9(5-2)10(8)19-13-12(15)16-3/h7H,4-6H2,1-3H3,(H,13,15). The van der Waals surface area contributed by atoms with Gasteiger partial charge in [-0.25, -0.2) is 9.59 Å². The number of rotatable bonds is 6. The summed E-state index contributed by atoms with van der Waals surface area (Å²) in [6.07, 6.45) is 1.02. The zero-order chi connectivity index (χ0) is 14.3. The van der Waals surface area contributed by atoms with Gasteiger partial charge in [0.05, 0.1) is 24.2 Å². The minimum Gasteiger partial charge on any atom is -0.462 e. The molecule has 1 rings (SSSR count). The van der Waals surface area contributed by atoms with Crippen molar-refractivity contribution < 1.29 is 19.1 Å². The Morgan fingerprint density at radius 2 is 2.16 bits per heavy atom. The van der Waals surface area contributed by atoms with Crippen molar-refractivity contribution in [3.05, 3.63) is 15.8 Å². The van der Waals surface area contributed by atoms with Crippen LogP contribution >= 0.6 is 23.3 Å². The summed E-state index contributed by atoms with van der Waals surface area (Å²) in [7, 11) is 1.29. The maximum Gasteiger partial charge on any atom is 0.417 e. The number of nitrogens with one attached hydrogen (secondary N) is 1. The van der Waals surface area contributed by atoms with E-state index in [1.807, 2.05) is 13.8 Å². The van der Waals surface area contributed by atoms with Crippen LogP contribution in [0.1, 0.15) is 35.5 Å². The van der Waals surface area contributed by atoms with Gasteiger partial charge in [-0.1, -0.05) is 13.8 Å².